The number of anilines is 1. The highest BCUT2D eigenvalue weighted by atomic mass is 32.1. The van der Waals surface area contributed by atoms with Gasteiger partial charge in [0.2, 0.25) is 5.89 Å². The first-order valence-electron chi connectivity index (χ1n) is 10.1. The lowest BCUT2D eigenvalue weighted by Gasteiger charge is -2.13. The van der Waals surface area contributed by atoms with E-state index in [0.29, 0.717) is 34.1 Å². The van der Waals surface area contributed by atoms with E-state index in [0.717, 1.165) is 16.3 Å². The number of methoxy groups -OCH3 is 1. The van der Waals surface area contributed by atoms with Crippen molar-refractivity contribution < 1.29 is 13.9 Å². The Morgan fingerprint density at radius 2 is 1.76 bits per heavy atom. The van der Waals surface area contributed by atoms with E-state index in [1.165, 1.54) is 7.11 Å². The topological polar surface area (TPSA) is 89.3 Å². The summed E-state index contributed by atoms with van der Waals surface area (Å²) in [6, 6.07) is 22.4. The molecule has 0 radical (unpaired) electrons. The van der Waals surface area contributed by atoms with Crippen molar-refractivity contribution in [1.82, 2.24) is 15.3 Å². The van der Waals surface area contributed by atoms with Crippen LogP contribution in [0.2, 0.25) is 0 Å². The monoisotopic (exact) mass is 454 g/mol. The molecule has 0 aliphatic heterocycles. The van der Waals surface area contributed by atoms with Gasteiger partial charge in [-0.05, 0) is 71.5 Å². The predicted octanol–water partition coefficient (Wildman–Crippen LogP) is 5.18. The number of ether oxygens (including phenoxy) is 1. The lowest BCUT2D eigenvalue weighted by atomic mass is 10.1. The highest BCUT2D eigenvalue weighted by Gasteiger charge is 2.15. The van der Waals surface area contributed by atoms with Crippen molar-refractivity contribution in [3.8, 4) is 17.2 Å². The van der Waals surface area contributed by atoms with Crippen molar-refractivity contribution in [2.45, 2.75) is 0 Å². The SMILES string of the molecule is COc1cc2ccccc2cc1C(=O)NC(=S)Nc1ccc(-c2nc3ncccc3o2)cc1. The second-order valence-corrected chi connectivity index (χ2v) is 7.64. The third-order valence-electron chi connectivity index (χ3n) is 5.09. The molecule has 33 heavy (non-hydrogen) atoms. The minimum atomic E-state index is -0.356. The zero-order chi connectivity index (χ0) is 22.8. The van der Waals surface area contributed by atoms with E-state index in [2.05, 4.69) is 20.6 Å². The second kappa shape index (κ2) is 8.68. The van der Waals surface area contributed by atoms with Gasteiger partial charge in [-0.2, -0.15) is 4.98 Å². The van der Waals surface area contributed by atoms with Gasteiger partial charge in [0.15, 0.2) is 16.3 Å². The van der Waals surface area contributed by atoms with Crippen molar-refractivity contribution in [1.29, 1.82) is 0 Å². The summed E-state index contributed by atoms with van der Waals surface area (Å²) < 4.78 is 11.1. The fourth-order valence-corrected chi connectivity index (χ4v) is 3.70. The summed E-state index contributed by atoms with van der Waals surface area (Å²) in [4.78, 5) is 21.4. The molecule has 5 rings (SSSR count). The molecule has 162 valence electrons. The third-order valence-corrected chi connectivity index (χ3v) is 5.30. The maximum absolute atomic E-state index is 12.8. The Hall–Kier alpha value is -4.30. The minimum Gasteiger partial charge on any atom is -0.496 e. The number of nitrogens with one attached hydrogen (secondary N) is 2. The molecule has 2 N–H and O–H groups in total. The fourth-order valence-electron chi connectivity index (χ4n) is 3.49. The average Bonchev–Trinajstić information content (AvgIpc) is 3.28. The van der Waals surface area contributed by atoms with Crippen LogP contribution in [0, 0.1) is 0 Å². The zero-order valence-electron chi connectivity index (χ0n) is 17.5. The van der Waals surface area contributed by atoms with Gasteiger partial charge in [-0.1, -0.05) is 24.3 Å². The first-order valence-corrected chi connectivity index (χ1v) is 10.5. The molecule has 0 aliphatic carbocycles. The number of pyridine rings is 1. The van der Waals surface area contributed by atoms with Crippen LogP contribution in [0.4, 0.5) is 5.69 Å². The van der Waals surface area contributed by atoms with Gasteiger partial charge in [0.05, 0.1) is 12.7 Å². The zero-order valence-corrected chi connectivity index (χ0v) is 18.3. The Balaban J connectivity index is 1.29. The number of fused-ring (bicyclic) bond motifs is 2. The number of oxazole rings is 1. The van der Waals surface area contributed by atoms with E-state index in [1.54, 1.807) is 18.3 Å². The molecule has 0 saturated carbocycles. The quantitative estimate of drug-likeness (QED) is 0.362. The molecule has 7 nitrogen and oxygen atoms in total. The molecule has 0 aliphatic rings. The molecule has 0 saturated heterocycles. The molecule has 1 amide bonds. The van der Waals surface area contributed by atoms with Crippen molar-refractivity contribution >= 4 is 50.9 Å². The number of carbonyl (C=O) groups excluding carboxylic acids is 1. The third kappa shape index (κ3) is 4.24. The van der Waals surface area contributed by atoms with Gasteiger partial charge >= 0.3 is 0 Å². The molecular formula is C25H18N4O3S. The van der Waals surface area contributed by atoms with Gasteiger partial charge in [0.25, 0.3) is 5.91 Å². The molecule has 2 aromatic heterocycles. The van der Waals surface area contributed by atoms with Gasteiger partial charge in [0, 0.05) is 17.4 Å². The van der Waals surface area contributed by atoms with Crippen LogP contribution in [0.3, 0.4) is 0 Å². The lowest BCUT2D eigenvalue weighted by molar-refractivity contribution is 0.0975. The van der Waals surface area contributed by atoms with E-state index in [9.17, 15) is 4.79 Å². The van der Waals surface area contributed by atoms with Gasteiger partial charge < -0.3 is 14.5 Å². The number of nitrogens with zero attached hydrogens (tertiary/aromatic N) is 2. The van der Waals surface area contributed by atoms with Crippen LogP contribution in [0.25, 0.3) is 33.5 Å². The van der Waals surface area contributed by atoms with Crippen LogP contribution < -0.4 is 15.4 Å². The van der Waals surface area contributed by atoms with Gasteiger partial charge in [-0.15, -0.1) is 0 Å². The fraction of sp³-hybridized carbons (Fsp3) is 0.0400. The van der Waals surface area contributed by atoms with Crippen LogP contribution in [0.1, 0.15) is 10.4 Å². The molecule has 0 spiro atoms. The molecule has 2 heterocycles. The highest BCUT2D eigenvalue weighted by molar-refractivity contribution is 7.80. The predicted molar refractivity (Wildman–Crippen MR) is 131 cm³/mol. The van der Waals surface area contributed by atoms with Crippen LogP contribution in [0.15, 0.2) is 83.4 Å². The van der Waals surface area contributed by atoms with Crippen molar-refractivity contribution in [2.24, 2.45) is 0 Å². The Morgan fingerprint density at radius 1 is 1.00 bits per heavy atom. The number of rotatable bonds is 4. The van der Waals surface area contributed by atoms with Crippen LogP contribution >= 0.6 is 12.2 Å². The Morgan fingerprint density at radius 3 is 2.48 bits per heavy atom. The Kier molecular flexibility index (Phi) is 5.42. The minimum absolute atomic E-state index is 0.175. The van der Waals surface area contributed by atoms with E-state index >= 15 is 0 Å². The lowest BCUT2D eigenvalue weighted by Crippen LogP contribution is -2.34. The number of aromatic nitrogens is 2. The van der Waals surface area contributed by atoms with Crippen LogP contribution in [0.5, 0.6) is 5.75 Å². The van der Waals surface area contributed by atoms with Crippen molar-refractivity contribution in [3.63, 3.8) is 0 Å². The summed E-state index contributed by atoms with van der Waals surface area (Å²) in [7, 11) is 1.53. The number of carbonyl (C=O) groups is 1. The maximum atomic E-state index is 12.8. The van der Waals surface area contributed by atoms with E-state index < -0.39 is 0 Å². The van der Waals surface area contributed by atoms with Crippen LogP contribution in [-0.4, -0.2) is 28.1 Å². The molecule has 8 heteroatoms. The average molecular weight is 455 g/mol. The standard InChI is InChI=1S/C25H18N4O3S/c1-31-21-14-17-6-3-2-5-16(17)13-19(21)23(30)29-25(33)27-18-10-8-15(9-11-18)24-28-22-20(32-24)7-4-12-26-22/h2-14H,1H3,(H2,27,29,30,33). The van der Waals surface area contributed by atoms with Crippen LogP contribution in [-0.2, 0) is 0 Å². The number of amides is 1. The molecule has 0 atom stereocenters. The highest BCUT2D eigenvalue weighted by Crippen LogP contribution is 2.26. The van der Waals surface area contributed by atoms with E-state index in [-0.39, 0.29) is 11.0 Å². The summed E-state index contributed by atoms with van der Waals surface area (Å²) in [5, 5.41) is 7.83. The first-order chi connectivity index (χ1) is 16.1. The van der Waals surface area contributed by atoms with Crippen molar-refractivity contribution in [2.75, 3.05) is 12.4 Å². The van der Waals surface area contributed by atoms with E-state index in [4.69, 9.17) is 21.4 Å². The largest absolute Gasteiger partial charge is 0.496 e. The molecular weight excluding hydrogens is 436 g/mol. The smallest absolute Gasteiger partial charge is 0.261 e. The normalized spacial score (nSPS) is 10.8. The van der Waals surface area contributed by atoms with Gasteiger partial charge in [-0.25, -0.2) is 4.98 Å². The molecule has 5 aromatic rings. The molecule has 0 bridgehead atoms. The molecule has 0 fully saturated rings. The summed E-state index contributed by atoms with van der Waals surface area (Å²) >= 11 is 5.33. The maximum Gasteiger partial charge on any atom is 0.261 e. The summed E-state index contributed by atoms with van der Waals surface area (Å²) in [5.74, 6) is 0.603. The first kappa shape index (κ1) is 20.6. The Labute approximate surface area is 194 Å². The van der Waals surface area contributed by atoms with E-state index in [1.807, 2.05) is 60.7 Å². The van der Waals surface area contributed by atoms with Crippen molar-refractivity contribution in [3.05, 3.63) is 84.6 Å². The molecule has 0 unspecified atom stereocenters. The van der Waals surface area contributed by atoms with Gasteiger partial charge in [0.1, 0.15) is 5.75 Å². The number of thiocarbonyl (C=S) groups is 1. The number of hydrogen-bond acceptors (Lipinski definition) is 6. The number of hydrogen-bond donors (Lipinski definition) is 2. The Bertz CT molecular complexity index is 1460. The van der Waals surface area contributed by atoms with Gasteiger partial charge in [-0.3, -0.25) is 10.1 Å². The number of benzene rings is 3. The molecule has 3 aromatic carbocycles. The summed E-state index contributed by atoms with van der Waals surface area (Å²) in [5.41, 5.74) is 3.10. The summed E-state index contributed by atoms with van der Waals surface area (Å²) in [6.07, 6.45) is 1.67. The second-order valence-electron chi connectivity index (χ2n) is 7.23. The summed E-state index contributed by atoms with van der Waals surface area (Å²) in [6.45, 7) is 0.